The summed E-state index contributed by atoms with van der Waals surface area (Å²) in [5, 5.41) is 6.41. The van der Waals surface area contributed by atoms with Crippen molar-refractivity contribution in [2.75, 3.05) is 41.0 Å². The van der Waals surface area contributed by atoms with Crippen molar-refractivity contribution in [2.45, 2.75) is 18.4 Å². The van der Waals surface area contributed by atoms with E-state index in [9.17, 15) is 4.79 Å². The molecule has 1 aromatic carbocycles. The second-order valence-corrected chi connectivity index (χ2v) is 5.53. The molecule has 6 heteroatoms. The summed E-state index contributed by atoms with van der Waals surface area (Å²) in [4.78, 5) is 12.4. The maximum atomic E-state index is 12.4. The molecule has 1 aliphatic rings. The average molecular weight is 308 g/mol. The highest BCUT2D eigenvalue weighted by Gasteiger charge is 2.33. The third-order valence-corrected chi connectivity index (χ3v) is 3.95. The first kappa shape index (κ1) is 16.6. The van der Waals surface area contributed by atoms with Crippen LogP contribution in [-0.2, 0) is 4.74 Å². The van der Waals surface area contributed by atoms with Crippen molar-refractivity contribution in [2.24, 2.45) is 0 Å². The average Bonchev–Trinajstić information content (AvgIpc) is 3.01. The van der Waals surface area contributed by atoms with E-state index in [1.54, 1.807) is 39.5 Å². The quantitative estimate of drug-likeness (QED) is 0.792. The number of hydrogen-bond donors (Lipinski definition) is 2. The van der Waals surface area contributed by atoms with E-state index in [2.05, 4.69) is 10.6 Å². The zero-order valence-electron chi connectivity index (χ0n) is 13.4. The first-order valence-electron chi connectivity index (χ1n) is 7.38. The Balaban J connectivity index is 2.05. The lowest BCUT2D eigenvalue weighted by atomic mass is 9.98. The Morgan fingerprint density at radius 2 is 1.91 bits per heavy atom. The zero-order valence-corrected chi connectivity index (χ0v) is 13.4. The van der Waals surface area contributed by atoms with Crippen molar-refractivity contribution in [3.05, 3.63) is 23.8 Å². The summed E-state index contributed by atoms with van der Waals surface area (Å²) in [7, 11) is 4.80. The van der Waals surface area contributed by atoms with Gasteiger partial charge in [-0.15, -0.1) is 0 Å². The van der Waals surface area contributed by atoms with Crippen LogP contribution in [0.2, 0.25) is 0 Å². The van der Waals surface area contributed by atoms with Crippen molar-refractivity contribution >= 4 is 5.91 Å². The summed E-state index contributed by atoms with van der Waals surface area (Å²) >= 11 is 0. The lowest BCUT2D eigenvalue weighted by Gasteiger charge is -2.29. The van der Waals surface area contributed by atoms with Crippen LogP contribution >= 0.6 is 0 Å². The van der Waals surface area contributed by atoms with Crippen LogP contribution in [0.15, 0.2) is 18.2 Å². The molecule has 2 N–H and O–H groups in total. The van der Waals surface area contributed by atoms with Crippen molar-refractivity contribution < 1.29 is 19.0 Å². The van der Waals surface area contributed by atoms with E-state index in [1.165, 1.54) is 0 Å². The van der Waals surface area contributed by atoms with Crippen LogP contribution in [-0.4, -0.2) is 52.5 Å². The van der Waals surface area contributed by atoms with Crippen LogP contribution in [0.4, 0.5) is 0 Å². The molecule has 22 heavy (non-hydrogen) atoms. The molecule has 1 heterocycles. The van der Waals surface area contributed by atoms with Crippen molar-refractivity contribution in [1.29, 1.82) is 0 Å². The van der Waals surface area contributed by atoms with Gasteiger partial charge in [0, 0.05) is 25.3 Å². The SMILES string of the molecule is COCC1(CNC(=O)c2cc(OC)cc(OC)c2)CCCN1. The summed E-state index contributed by atoms with van der Waals surface area (Å²) in [6.45, 7) is 2.06. The van der Waals surface area contributed by atoms with Gasteiger partial charge in [0.15, 0.2) is 0 Å². The second kappa shape index (κ2) is 7.47. The molecule has 1 atom stereocenters. The lowest BCUT2D eigenvalue weighted by Crippen LogP contribution is -2.53. The van der Waals surface area contributed by atoms with Gasteiger partial charge in [-0.1, -0.05) is 0 Å². The lowest BCUT2D eigenvalue weighted by molar-refractivity contribution is 0.0891. The van der Waals surface area contributed by atoms with Gasteiger partial charge in [0.2, 0.25) is 0 Å². The van der Waals surface area contributed by atoms with Crippen LogP contribution in [0.1, 0.15) is 23.2 Å². The molecule has 122 valence electrons. The van der Waals surface area contributed by atoms with Gasteiger partial charge < -0.3 is 24.8 Å². The van der Waals surface area contributed by atoms with E-state index in [4.69, 9.17) is 14.2 Å². The van der Waals surface area contributed by atoms with Crippen molar-refractivity contribution in [1.82, 2.24) is 10.6 Å². The molecule has 1 fully saturated rings. The monoisotopic (exact) mass is 308 g/mol. The molecule has 1 unspecified atom stereocenters. The molecule has 6 nitrogen and oxygen atoms in total. The Labute approximate surface area is 131 Å². The summed E-state index contributed by atoms with van der Waals surface area (Å²) in [5.74, 6) is 1.03. The van der Waals surface area contributed by atoms with Gasteiger partial charge in [-0.05, 0) is 31.5 Å². The Hall–Kier alpha value is -1.79. The Morgan fingerprint density at radius 3 is 2.41 bits per heavy atom. The molecule has 1 aromatic rings. The van der Waals surface area contributed by atoms with E-state index in [1.807, 2.05) is 0 Å². The molecular weight excluding hydrogens is 284 g/mol. The van der Waals surface area contributed by atoms with Crippen LogP contribution in [0, 0.1) is 0 Å². The summed E-state index contributed by atoms with van der Waals surface area (Å²) in [6.07, 6.45) is 2.08. The normalized spacial score (nSPS) is 20.7. The fourth-order valence-electron chi connectivity index (χ4n) is 2.76. The standard InChI is InChI=1S/C16H24N2O4/c1-20-11-16(5-4-6-18-16)10-17-15(19)12-7-13(21-2)9-14(8-12)22-3/h7-9,18H,4-6,10-11H2,1-3H3,(H,17,19). The van der Waals surface area contributed by atoms with Crippen molar-refractivity contribution in [3.8, 4) is 11.5 Å². The number of carbonyl (C=O) groups is 1. The Bertz CT molecular complexity index is 491. The Kier molecular flexibility index (Phi) is 5.63. The molecule has 1 aliphatic heterocycles. The minimum absolute atomic E-state index is 0.152. The molecule has 0 spiro atoms. The highest BCUT2D eigenvalue weighted by atomic mass is 16.5. The number of rotatable bonds is 7. The van der Waals surface area contributed by atoms with Crippen LogP contribution < -0.4 is 20.1 Å². The summed E-state index contributed by atoms with van der Waals surface area (Å²) < 4.78 is 15.7. The van der Waals surface area contributed by atoms with Gasteiger partial charge in [-0.3, -0.25) is 4.79 Å². The Morgan fingerprint density at radius 1 is 1.23 bits per heavy atom. The van der Waals surface area contributed by atoms with E-state index < -0.39 is 0 Å². The molecule has 0 aliphatic carbocycles. The van der Waals surface area contributed by atoms with Gasteiger partial charge in [0.25, 0.3) is 5.91 Å². The van der Waals surface area contributed by atoms with Crippen LogP contribution in [0.5, 0.6) is 11.5 Å². The highest BCUT2D eigenvalue weighted by molar-refractivity contribution is 5.95. The minimum atomic E-state index is -0.173. The number of hydrogen-bond acceptors (Lipinski definition) is 5. The highest BCUT2D eigenvalue weighted by Crippen LogP contribution is 2.23. The maximum Gasteiger partial charge on any atom is 0.251 e. The molecule has 0 radical (unpaired) electrons. The fraction of sp³-hybridized carbons (Fsp3) is 0.562. The predicted octanol–water partition coefficient (Wildman–Crippen LogP) is 1.20. The zero-order chi connectivity index (χ0) is 16.0. The van der Waals surface area contributed by atoms with Crippen LogP contribution in [0.25, 0.3) is 0 Å². The van der Waals surface area contributed by atoms with Crippen molar-refractivity contribution in [3.63, 3.8) is 0 Å². The first-order chi connectivity index (χ1) is 10.6. The maximum absolute atomic E-state index is 12.4. The van der Waals surface area contributed by atoms with Gasteiger partial charge in [-0.25, -0.2) is 0 Å². The predicted molar refractivity (Wildman–Crippen MR) is 83.7 cm³/mol. The molecule has 0 saturated carbocycles. The number of carbonyl (C=O) groups excluding carboxylic acids is 1. The topological polar surface area (TPSA) is 68.8 Å². The third-order valence-electron chi connectivity index (χ3n) is 3.95. The van der Waals surface area contributed by atoms with E-state index in [0.29, 0.717) is 30.2 Å². The summed E-state index contributed by atoms with van der Waals surface area (Å²) in [6, 6.07) is 5.13. The molecule has 2 rings (SSSR count). The summed E-state index contributed by atoms with van der Waals surface area (Å²) in [5.41, 5.74) is 0.342. The largest absolute Gasteiger partial charge is 0.497 e. The minimum Gasteiger partial charge on any atom is -0.497 e. The van der Waals surface area contributed by atoms with Crippen LogP contribution in [0.3, 0.4) is 0 Å². The van der Waals surface area contributed by atoms with Gasteiger partial charge in [-0.2, -0.15) is 0 Å². The number of nitrogens with one attached hydrogen (secondary N) is 2. The van der Waals surface area contributed by atoms with Gasteiger partial charge >= 0.3 is 0 Å². The first-order valence-corrected chi connectivity index (χ1v) is 7.38. The number of amides is 1. The second-order valence-electron chi connectivity index (χ2n) is 5.53. The van der Waals surface area contributed by atoms with E-state index >= 15 is 0 Å². The number of methoxy groups -OCH3 is 3. The number of ether oxygens (including phenoxy) is 3. The molecule has 1 amide bonds. The van der Waals surface area contributed by atoms with E-state index in [-0.39, 0.29) is 11.4 Å². The molecule has 0 aromatic heterocycles. The van der Waals surface area contributed by atoms with Gasteiger partial charge in [0.05, 0.1) is 26.4 Å². The fourth-order valence-corrected chi connectivity index (χ4v) is 2.76. The molecular formula is C16H24N2O4. The van der Waals surface area contributed by atoms with Gasteiger partial charge in [0.1, 0.15) is 11.5 Å². The third kappa shape index (κ3) is 3.90. The molecule has 1 saturated heterocycles. The number of benzene rings is 1. The van der Waals surface area contributed by atoms with E-state index in [0.717, 1.165) is 19.4 Å². The molecule has 0 bridgehead atoms. The smallest absolute Gasteiger partial charge is 0.251 e.